The van der Waals surface area contributed by atoms with Gasteiger partial charge < -0.3 is 52.1 Å². The van der Waals surface area contributed by atoms with E-state index < -0.39 is 0 Å². The van der Waals surface area contributed by atoms with Gasteiger partial charge in [0.2, 0.25) is 0 Å². The van der Waals surface area contributed by atoms with Gasteiger partial charge in [-0.2, -0.15) is 0 Å². The average Bonchev–Trinajstić information content (AvgIpc) is 3.06. The summed E-state index contributed by atoms with van der Waals surface area (Å²) in [4.78, 5) is 12.0. The fraction of sp³-hybridized carbons (Fsp3) is 0.971. The molecule has 276 valence electrons. The summed E-state index contributed by atoms with van der Waals surface area (Å²) in [7, 11) is 0. The lowest BCUT2D eigenvalue weighted by molar-refractivity contribution is -0.150. The quantitative estimate of drug-likeness (QED) is 0.0676. The highest BCUT2D eigenvalue weighted by Gasteiger charge is 2.16. The second-order valence-corrected chi connectivity index (χ2v) is 10.6. The first-order valence-electron chi connectivity index (χ1n) is 17.7. The summed E-state index contributed by atoms with van der Waals surface area (Å²) in [6.45, 7) is 17.2. The van der Waals surface area contributed by atoms with Crippen LogP contribution in [-0.4, -0.2) is 145 Å². The molecule has 0 aliphatic heterocycles. The van der Waals surface area contributed by atoms with Crippen LogP contribution in [0.15, 0.2) is 0 Å². The average molecular weight is 669 g/mol. The molecule has 0 aromatic heterocycles. The van der Waals surface area contributed by atoms with Crippen molar-refractivity contribution in [3.8, 4) is 0 Å². The molecule has 0 saturated heterocycles. The first-order chi connectivity index (χ1) is 22.8. The topological polar surface area (TPSA) is 119 Å². The molecule has 1 atom stereocenters. The zero-order chi connectivity index (χ0) is 33.4. The molecule has 0 rings (SSSR count). The van der Waals surface area contributed by atoms with Crippen molar-refractivity contribution in [3.63, 3.8) is 0 Å². The number of ether oxygens (including phenoxy) is 11. The van der Waals surface area contributed by atoms with Crippen LogP contribution in [0.2, 0.25) is 0 Å². The lowest BCUT2D eigenvalue weighted by atomic mass is 10.00. The van der Waals surface area contributed by atoms with Gasteiger partial charge in [0.1, 0.15) is 6.61 Å². The van der Waals surface area contributed by atoms with Gasteiger partial charge in [0.15, 0.2) is 0 Å². The van der Waals surface area contributed by atoms with Crippen molar-refractivity contribution in [2.24, 2.45) is 5.92 Å². The highest BCUT2D eigenvalue weighted by molar-refractivity contribution is 5.72. The Morgan fingerprint density at radius 3 is 0.978 bits per heavy atom. The van der Waals surface area contributed by atoms with Crippen LogP contribution >= 0.6 is 0 Å². The van der Waals surface area contributed by atoms with Crippen molar-refractivity contribution < 1.29 is 56.9 Å². The summed E-state index contributed by atoms with van der Waals surface area (Å²) in [5.41, 5.74) is 0. The number of carbonyl (C=O) groups excluding carboxylic acids is 1. The molecule has 0 radical (unpaired) electrons. The molecule has 0 aliphatic rings. The first-order valence-corrected chi connectivity index (χ1v) is 17.7. The van der Waals surface area contributed by atoms with Crippen molar-refractivity contribution in [2.75, 3.05) is 139 Å². The second kappa shape index (κ2) is 40.2. The molecule has 46 heavy (non-hydrogen) atoms. The van der Waals surface area contributed by atoms with E-state index in [2.05, 4.69) is 13.8 Å². The predicted octanol–water partition coefficient (Wildman–Crippen LogP) is 4.49. The number of carbonyl (C=O) groups is 1. The minimum absolute atomic E-state index is 0.000800. The predicted molar refractivity (Wildman–Crippen MR) is 177 cm³/mol. The Morgan fingerprint density at radius 2 is 0.674 bits per heavy atom. The third-order valence-electron chi connectivity index (χ3n) is 6.69. The Hall–Kier alpha value is -0.930. The molecule has 0 aromatic rings. The Bertz CT molecular complexity index is 584. The molecule has 0 fully saturated rings. The molecule has 0 aliphatic carbocycles. The fourth-order valence-electron chi connectivity index (χ4n) is 3.97. The first kappa shape index (κ1) is 45.1. The molecule has 0 N–H and O–H groups in total. The summed E-state index contributed by atoms with van der Waals surface area (Å²) < 4.78 is 60.1. The van der Waals surface area contributed by atoms with E-state index in [1.165, 1.54) is 19.3 Å². The van der Waals surface area contributed by atoms with Crippen molar-refractivity contribution >= 4 is 5.97 Å². The zero-order valence-corrected chi connectivity index (χ0v) is 29.5. The van der Waals surface area contributed by atoms with E-state index in [0.717, 1.165) is 38.7 Å². The van der Waals surface area contributed by atoms with E-state index in [-0.39, 0.29) is 18.5 Å². The van der Waals surface area contributed by atoms with Gasteiger partial charge in [-0.3, -0.25) is 4.79 Å². The maximum absolute atomic E-state index is 12.0. The minimum Gasteiger partial charge on any atom is -0.463 e. The molecule has 12 nitrogen and oxygen atoms in total. The third kappa shape index (κ3) is 35.9. The van der Waals surface area contributed by atoms with E-state index in [1.807, 2.05) is 6.92 Å². The normalized spacial score (nSPS) is 12.2. The molecule has 0 spiro atoms. The summed E-state index contributed by atoms with van der Waals surface area (Å²) in [6, 6.07) is 0. The van der Waals surface area contributed by atoms with Gasteiger partial charge in [-0.05, 0) is 19.3 Å². The lowest BCUT2D eigenvalue weighted by Crippen LogP contribution is -2.20. The van der Waals surface area contributed by atoms with E-state index >= 15 is 0 Å². The maximum atomic E-state index is 12.0. The molecular formula is C34H68O12. The van der Waals surface area contributed by atoms with Gasteiger partial charge in [-0.15, -0.1) is 0 Å². The highest BCUT2D eigenvalue weighted by Crippen LogP contribution is 2.14. The standard InChI is InChI=1S/C34H68O12/c1-4-7-9-10-12-36-13-14-37-15-16-38-17-18-39-19-20-40-21-22-41-23-24-42-25-26-43-27-28-44-29-30-45-31-32-46-34(35)33(6-3)11-8-5-2/h33H,4-32H2,1-3H3. The van der Waals surface area contributed by atoms with E-state index in [9.17, 15) is 4.79 Å². The van der Waals surface area contributed by atoms with E-state index in [1.54, 1.807) is 0 Å². The number of hydrogen-bond acceptors (Lipinski definition) is 12. The van der Waals surface area contributed by atoms with Gasteiger partial charge in [-0.25, -0.2) is 0 Å². The van der Waals surface area contributed by atoms with Gasteiger partial charge in [0, 0.05) is 6.61 Å². The summed E-state index contributed by atoms with van der Waals surface area (Å²) in [6.07, 6.45) is 8.73. The lowest BCUT2D eigenvalue weighted by Gasteiger charge is -2.13. The number of hydrogen-bond donors (Lipinski definition) is 0. The Kier molecular flexibility index (Phi) is 39.4. The van der Waals surface area contributed by atoms with Crippen LogP contribution in [0.3, 0.4) is 0 Å². The van der Waals surface area contributed by atoms with Gasteiger partial charge in [-0.1, -0.05) is 52.9 Å². The summed E-state index contributed by atoms with van der Waals surface area (Å²) in [5, 5.41) is 0. The van der Waals surface area contributed by atoms with Gasteiger partial charge in [0.05, 0.1) is 131 Å². The van der Waals surface area contributed by atoms with E-state index in [4.69, 9.17) is 52.1 Å². The van der Waals surface area contributed by atoms with Gasteiger partial charge >= 0.3 is 5.97 Å². The summed E-state index contributed by atoms with van der Waals surface area (Å²) >= 11 is 0. The van der Waals surface area contributed by atoms with Crippen molar-refractivity contribution in [2.45, 2.75) is 72.1 Å². The third-order valence-corrected chi connectivity index (χ3v) is 6.69. The molecular weight excluding hydrogens is 600 g/mol. The second-order valence-electron chi connectivity index (χ2n) is 10.6. The number of unbranched alkanes of at least 4 members (excludes halogenated alkanes) is 4. The fourth-order valence-corrected chi connectivity index (χ4v) is 3.97. The van der Waals surface area contributed by atoms with Crippen LogP contribution in [0.4, 0.5) is 0 Å². The molecule has 0 bridgehead atoms. The van der Waals surface area contributed by atoms with E-state index in [0.29, 0.717) is 126 Å². The summed E-state index contributed by atoms with van der Waals surface area (Å²) in [5.74, 6) is -0.118. The number of rotatable bonds is 40. The Morgan fingerprint density at radius 1 is 0.370 bits per heavy atom. The van der Waals surface area contributed by atoms with Crippen LogP contribution in [0, 0.1) is 5.92 Å². The molecule has 0 amide bonds. The monoisotopic (exact) mass is 668 g/mol. The van der Waals surface area contributed by atoms with Crippen molar-refractivity contribution in [3.05, 3.63) is 0 Å². The smallest absolute Gasteiger partial charge is 0.308 e. The molecule has 0 saturated carbocycles. The Labute approximate surface area is 279 Å². The zero-order valence-electron chi connectivity index (χ0n) is 29.5. The molecule has 0 heterocycles. The van der Waals surface area contributed by atoms with Gasteiger partial charge in [0.25, 0.3) is 0 Å². The van der Waals surface area contributed by atoms with Crippen LogP contribution in [0.25, 0.3) is 0 Å². The highest BCUT2D eigenvalue weighted by atomic mass is 16.6. The van der Waals surface area contributed by atoms with Crippen molar-refractivity contribution in [1.82, 2.24) is 0 Å². The minimum atomic E-state index is -0.117. The van der Waals surface area contributed by atoms with Crippen LogP contribution in [-0.2, 0) is 56.9 Å². The maximum Gasteiger partial charge on any atom is 0.308 e. The van der Waals surface area contributed by atoms with Crippen LogP contribution in [0.5, 0.6) is 0 Å². The molecule has 12 heteroatoms. The molecule has 0 aromatic carbocycles. The largest absolute Gasteiger partial charge is 0.463 e. The van der Waals surface area contributed by atoms with Crippen LogP contribution < -0.4 is 0 Å². The Balaban J connectivity index is 3.13. The van der Waals surface area contributed by atoms with Crippen LogP contribution in [0.1, 0.15) is 72.1 Å². The SMILES string of the molecule is CCCCCCOCCOCCOCCOCCOCCOCCOCCOCCOCCOCCOC(=O)C(CC)CCCC. The van der Waals surface area contributed by atoms with Crippen molar-refractivity contribution in [1.29, 1.82) is 0 Å². The molecule has 1 unspecified atom stereocenters. The number of esters is 1.